The Balaban J connectivity index is 1.61. The van der Waals surface area contributed by atoms with Gasteiger partial charge in [-0.05, 0) is 68.8 Å². The average molecular weight is 439 g/mol. The van der Waals surface area contributed by atoms with Crippen LogP contribution in [-0.2, 0) is 10.0 Å². The van der Waals surface area contributed by atoms with Crippen molar-refractivity contribution in [3.05, 3.63) is 89.5 Å². The lowest BCUT2D eigenvalue weighted by atomic mass is 10.1. The number of carbonyl (C=O) groups excluding carboxylic acids is 1. The molecule has 3 aromatic carbocycles. The Labute approximate surface area is 183 Å². The second kappa shape index (κ2) is 9.66. The Kier molecular flexibility index (Phi) is 6.97. The molecule has 0 saturated heterocycles. The van der Waals surface area contributed by atoms with E-state index in [2.05, 4.69) is 10.0 Å². The third-order valence-electron chi connectivity index (χ3n) is 4.68. The molecular formula is C24H26N2O4S. The predicted octanol–water partition coefficient (Wildman–Crippen LogP) is 4.30. The highest BCUT2D eigenvalue weighted by atomic mass is 32.2. The van der Waals surface area contributed by atoms with Gasteiger partial charge in [-0.3, -0.25) is 9.52 Å². The molecule has 1 amide bonds. The second-order valence-electron chi connectivity index (χ2n) is 7.45. The molecular weight excluding hydrogens is 412 g/mol. The van der Waals surface area contributed by atoms with Gasteiger partial charge in [0.05, 0.1) is 16.6 Å². The first-order chi connectivity index (χ1) is 14.7. The summed E-state index contributed by atoms with van der Waals surface area (Å²) in [7, 11) is -3.69. The predicted molar refractivity (Wildman–Crippen MR) is 122 cm³/mol. The molecule has 0 aliphatic rings. The van der Waals surface area contributed by atoms with Gasteiger partial charge >= 0.3 is 0 Å². The molecule has 3 rings (SSSR count). The van der Waals surface area contributed by atoms with Crippen LogP contribution in [0.1, 0.15) is 28.4 Å². The topological polar surface area (TPSA) is 84.5 Å². The summed E-state index contributed by atoms with van der Waals surface area (Å²) in [6.07, 6.45) is 0. The fourth-order valence-electron chi connectivity index (χ4n) is 2.93. The normalized spacial score (nSPS) is 12.1. The lowest BCUT2D eigenvalue weighted by Gasteiger charge is -2.16. The summed E-state index contributed by atoms with van der Waals surface area (Å²) in [5.74, 6) is 0.498. The number of hydrogen-bond donors (Lipinski definition) is 2. The van der Waals surface area contributed by atoms with Crippen molar-refractivity contribution in [2.45, 2.75) is 31.7 Å². The lowest BCUT2D eigenvalue weighted by molar-refractivity contribution is 0.0926. The minimum Gasteiger partial charge on any atom is -0.491 e. The maximum atomic E-state index is 12.6. The van der Waals surface area contributed by atoms with Crippen LogP contribution in [0.15, 0.2) is 77.7 Å². The summed E-state index contributed by atoms with van der Waals surface area (Å²) in [6, 6.07) is 20.5. The number of ether oxygens (including phenoxy) is 1. The van der Waals surface area contributed by atoms with Gasteiger partial charge in [-0.15, -0.1) is 0 Å². The van der Waals surface area contributed by atoms with Crippen molar-refractivity contribution in [3.63, 3.8) is 0 Å². The highest BCUT2D eigenvalue weighted by molar-refractivity contribution is 7.92. The van der Waals surface area contributed by atoms with E-state index in [9.17, 15) is 13.2 Å². The van der Waals surface area contributed by atoms with Crippen LogP contribution < -0.4 is 14.8 Å². The van der Waals surface area contributed by atoms with Gasteiger partial charge in [-0.1, -0.05) is 35.9 Å². The van der Waals surface area contributed by atoms with Gasteiger partial charge in [-0.2, -0.15) is 0 Å². The first kappa shape index (κ1) is 22.4. The summed E-state index contributed by atoms with van der Waals surface area (Å²) < 4.78 is 33.3. The molecule has 0 aliphatic carbocycles. The summed E-state index contributed by atoms with van der Waals surface area (Å²) in [5.41, 5.74) is 2.67. The number of nitrogens with one attached hydrogen (secondary N) is 2. The summed E-state index contributed by atoms with van der Waals surface area (Å²) in [6.45, 7) is 5.96. The SMILES string of the molecule is Cc1ccc(OCC(C)NC(=O)c2ccc(NS(=O)(=O)c3ccccc3)c(C)c2)cc1. The van der Waals surface area contributed by atoms with Crippen LogP contribution in [0, 0.1) is 13.8 Å². The van der Waals surface area contributed by atoms with E-state index in [0.717, 1.165) is 11.3 Å². The van der Waals surface area contributed by atoms with Crippen LogP contribution in [0.25, 0.3) is 0 Å². The van der Waals surface area contributed by atoms with Gasteiger partial charge in [0.15, 0.2) is 0 Å². The molecule has 0 radical (unpaired) electrons. The zero-order chi connectivity index (χ0) is 22.4. The molecule has 162 valence electrons. The number of anilines is 1. The fourth-order valence-corrected chi connectivity index (χ4v) is 4.08. The third kappa shape index (κ3) is 6.08. The molecule has 0 aliphatic heterocycles. The zero-order valence-electron chi connectivity index (χ0n) is 17.8. The van der Waals surface area contributed by atoms with Gasteiger partial charge in [-0.25, -0.2) is 8.42 Å². The van der Waals surface area contributed by atoms with Crippen molar-refractivity contribution < 1.29 is 17.9 Å². The monoisotopic (exact) mass is 438 g/mol. The Morgan fingerprint density at radius 3 is 2.29 bits per heavy atom. The maximum absolute atomic E-state index is 12.6. The number of carbonyl (C=O) groups is 1. The summed E-state index contributed by atoms with van der Waals surface area (Å²) in [5, 5.41) is 2.90. The maximum Gasteiger partial charge on any atom is 0.261 e. The van der Waals surface area contributed by atoms with E-state index < -0.39 is 10.0 Å². The molecule has 6 nitrogen and oxygen atoms in total. The van der Waals surface area contributed by atoms with Crippen molar-refractivity contribution in [2.75, 3.05) is 11.3 Å². The molecule has 0 heterocycles. The van der Waals surface area contributed by atoms with Crippen LogP contribution in [0.3, 0.4) is 0 Å². The van der Waals surface area contributed by atoms with Gasteiger partial charge < -0.3 is 10.1 Å². The lowest BCUT2D eigenvalue weighted by Crippen LogP contribution is -2.36. The van der Waals surface area contributed by atoms with E-state index in [1.54, 1.807) is 43.3 Å². The molecule has 0 fully saturated rings. The van der Waals surface area contributed by atoms with E-state index >= 15 is 0 Å². The molecule has 0 aromatic heterocycles. The first-order valence-corrected chi connectivity index (χ1v) is 11.4. The number of amides is 1. The van der Waals surface area contributed by atoms with Crippen molar-refractivity contribution >= 4 is 21.6 Å². The Hall–Kier alpha value is -3.32. The van der Waals surface area contributed by atoms with Crippen LogP contribution in [0.4, 0.5) is 5.69 Å². The van der Waals surface area contributed by atoms with Gasteiger partial charge in [0.2, 0.25) is 0 Å². The number of rotatable bonds is 8. The molecule has 7 heteroatoms. The average Bonchev–Trinajstić information content (AvgIpc) is 2.75. The van der Waals surface area contributed by atoms with Gasteiger partial charge in [0.25, 0.3) is 15.9 Å². The molecule has 0 saturated carbocycles. The van der Waals surface area contributed by atoms with Crippen molar-refractivity contribution in [2.24, 2.45) is 0 Å². The standard InChI is InChI=1S/C24H26N2O4S/c1-17-9-12-21(13-10-17)30-16-19(3)25-24(27)20-11-14-23(18(2)15-20)26-31(28,29)22-7-5-4-6-8-22/h4-15,19,26H,16H2,1-3H3,(H,25,27). The number of sulfonamides is 1. The van der Waals surface area contributed by atoms with Crippen LogP contribution in [0.5, 0.6) is 5.75 Å². The Bertz CT molecular complexity index is 1140. The minimum atomic E-state index is -3.69. The number of benzene rings is 3. The minimum absolute atomic E-state index is 0.179. The van der Waals surface area contributed by atoms with Crippen LogP contribution >= 0.6 is 0 Å². The zero-order valence-corrected chi connectivity index (χ0v) is 18.6. The smallest absolute Gasteiger partial charge is 0.261 e. The summed E-state index contributed by atoms with van der Waals surface area (Å²) in [4.78, 5) is 12.8. The largest absolute Gasteiger partial charge is 0.491 e. The van der Waals surface area contributed by atoms with Crippen LogP contribution in [-0.4, -0.2) is 27.0 Å². The Morgan fingerprint density at radius 2 is 1.65 bits per heavy atom. The molecule has 1 atom stereocenters. The summed E-state index contributed by atoms with van der Waals surface area (Å²) >= 11 is 0. The van der Waals surface area contributed by atoms with E-state index in [4.69, 9.17) is 4.74 Å². The molecule has 1 unspecified atom stereocenters. The van der Waals surface area contributed by atoms with Crippen molar-refractivity contribution in [1.82, 2.24) is 5.32 Å². The molecule has 3 aromatic rings. The van der Waals surface area contributed by atoms with Crippen molar-refractivity contribution in [3.8, 4) is 5.75 Å². The molecule has 31 heavy (non-hydrogen) atoms. The van der Waals surface area contributed by atoms with Crippen LogP contribution in [0.2, 0.25) is 0 Å². The van der Waals surface area contributed by atoms with E-state index in [-0.39, 0.29) is 16.8 Å². The van der Waals surface area contributed by atoms with Crippen molar-refractivity contribution in [1.29, 1.82) is 0 Å². The number of hydrogen-bond acceptors (Lipinski definition) is 4. The molecule has 2 N–H and O–H groups in total. The van der Waals surface area contributed by atoms with E-state index in [1.807, 2.05) is 38.1 Å². The van der Waals surface area contributed by atoms with E-state index in [0.29, 0.717) is 23.4 Å². The Morgan fingerprint density at radius 1 is 0.968 bits per heavy atom. The highest BCUT2D eigenvalue weighted by Gasteiger charge is 2.16. The van der Waals surface area contributed by atoms with Gasteiger partial charge in [0.1, 0.15) is 12.4 Å². The molecule has 0 bridgehead atoms. The quantitative estimate of drug-likeness (QED) is 0.549. The first-order valence-electron chi connectivity index (χ1n) is 9.93. The molecule has 0 spiro atoms. The fraction of sp³-hybridized carbons (Fsp3) is 0.208. The number of aryl methyl sites for hydroxylation is 2. The second-order valence-corrected chi connectivity index (χ2v) is 9.13. The van der Waals surface area contributed by atoms with E-state index in [1.165, 1.54) is 12.1 Å². The third-order valence-corrected chi connectivity index (χ3v) is 6.07. The van der Waals surface area contributed by atoms with Gasteiger partial charge in [0, 0.05) is 5.56 Å². The highest BCUT2D eigenvalue weighted by Crippen LogP contribution is 2.21.